The highest BCUT2D eigenvalue weighted by atomic mass is 35.6. The minimum atomic E-state index is -4.60. The molecule has 0 spiro atoms. The van der Waals surface area contributed by atoms with E-state index in [1.54, 1.807) is 0 Å². The molecule has 0 aliphatic rings. The van der Waals surface area contributed by atoms with Crippen molar-refractivity contribution >= 4 is 86.0 Å². The van der Waals surface area contributed by atoms with Crippen molar-refractivity contribution in [2.24, 2.45) is 5.73 Å². The maximum absolute atomic E-state index is 11.6. The number of esters is 1. The van der Waals surface area contributed by atoms with E-state index in [0.29, 0.717) is 5.56 Å². The molecule has 0 aliphatic heterocycles. The lowest BCUT2D eigenvalue weighted by Gasteiger charge is -2.16. The molecule has 7 nitrogen and oxygen atoms in total. The van der Waals surface area contributed by atoms with Gasteiger partial charge in [0.1, 0.15) is 11.8 Å². The Morgan fingerprint density at radius 1 is 1.04 bits per heavy atom. The van der Waals surface area contributed by atoms with E-state index in [1.807, 2.05) is 0 Å². The van der Waals surface area contributed by atoms with E-state index in [1.165, 1.54) is 24.3 Å². The number of carbonyl (C=O) groups is 1. The molecule has 0 amide bonds. The summed E-state index contributed by atoms with van der Waals surface area (Å²) in [7, 11) is -4.60. The molecule has 0 fully saturated rings. The summed E-state index contributed by atoms with van der Waals surface area (Å²) in [6.07, 6.45) is 0.0251. The normalized spacial score (nSPS) is 14.0. The third-order valence-corrected chi connectivity index (χ3v) is 3.88. The van der Waals surface area contributed by atoms with Crippen molar-refractivity contribution in [2.75, 3.05) is 0 Å². The van der Waals surface area contributed by atoms with Crippen molar-refractivity contribution in [2.45, 2.75) is 20.4 Å². The molecule has 25 heavy (non-hydrogen) atoms. The van der Waals surface area contributed by atoms with Crippen LogP contribution in [-0.2, 0) is 30.5 Å². The van der Waals surface area contributed by atoms with E-state index in [2.05, 4.69) is 13.1 Å². The molecule has 0 saturated carbocycles. The second-order valence-corrected chi connectivity index (χ2v) is 9.85. The molecule has 0 heterocycles. The van der Waals surface area contributed by atoms with Crippen LogP contribution in [0.4, 0.5) is 0 Å². The van der Waals surface area contributed by atoms with Gasteiger partial charge in [-0.2, -0.15) is 12.6 Å². The number of carbonyl (C=O) groups excluding carboxylic acids is 1. The molecule has 0 radical (unpaired) electrons. The molecule has 0 aliphatic carbocycles. The summed E-state index contributed by atoms with van der Waals surface area (Å²) >= 11 is 31.6. The highest BCUT2D eigenvalue weighted by Crippen LogP contribution is 2.30. The molecule has 0 bridgehead atoms. The Hall–Kier alpha value is 0.1000. The number of hydrogen-bond acceptors (Lipinski definition) is 7. The average molecular weight is 496 g/mol. The maximum Gasteiger partial charge on any atom is 0.452 e. The fraction of sp³-hybridized carbons (Fsp3) is 0.364. The molecule has 2 N–H and O–H groups in total. The first-order chi connectivity index (χ1) is 11.2. The molecular weight excluding hydrogens is 487 g/mol. The summed E-state index contributed by atoms with van der Waals surface area (Å²) in [4.78, 5) is 11.6. The third kappa shape index (κ3) is 10.1. The van der Waals surface area contributed by atoms with Crippen LogP contribution in [0.5, 0.6) is 5.75 Å². The first-order valence-corrected chi connectivity index (χ1v) is 9.63. The van der Waals surface area contributed by atoms with Crippen LogP contribution < -0.4 is 9.92 Å². The van der Waals surface area contributed by atoms with Gasteiger partial charge in [-0.15, -0.1) is 0 Å². The van der Waals surface area contributed by atoms with Gasteiger partial charge in [-0.1, -0.05) is 46.9 Å². The molecule has 0 aromatic heterocycles. The lowest BCUT2D eigenvalue weighted by atomic mass is 10.1. The van der Waals surface area contributed by atoms with Gasteiger partial charge in [-0.25, -0.2) is 0 Å². The minimum Gasteiger partial charge on any atom is -0.413 e. The first kappa shape index (κ1) is 23.1. The van der Waals surface area contributed by atoms with E-state index >= 15 is 0 Å². The zero-order chi connectivity index (χ0) is 19.5. The van der Waals surface area contributed by atoms with Gasteiger partial charge >= 0.3 is 24.3 Å². The predicted octanol–water partition coefficient (Wildman–Crippen LogP) is 3.40. The Labute approximate surface area is 173 Å². The van der Waals surface area contributed by atoms with Gasteiger partial charge in [0.2, 0.25) is 0 Å². The van der Waals surface area contributed by atoms with Gasteiger partial charge in [-0.3, -0.25) is 4.79 Å². The summed E-state index contributed by atoms with van der Waals surface area (Å²) < 4.78 is 31.4. The van der Waals surface area contributed by atoms with Gasteiger partial charge in [0, 0.05) is 0 Å². The lowest BCUT2D eigenvalue weighted by molar-refractivity contribution is -0.145. The van der Waals surface area contributed by atoms with Crippen molar-refractivity contribution in [1.29, 1.82) is 0 Å². The molecule has 0 saturated heterocycles. The summed E-state index contributed by atoms with van der Waals surface area (Å²) in [6.45, 7) is 0. The van der Waals surface area contributed by atoms with Crippen LogP contribution in [0.2, 0.25) is 0 Å². The summed E-state index contributed by atoms with van der Waals surface area (Å²) in [5.41, 5.74) is 6.17. The SMILES string of the molecule is N[C@@H](Cc1ccc(OS(=O)(=O)OC(Cl)(Cl)Cl)cc1)C(=O)OC(Cl)(Cl)Cl. The first-order valence-electron chi connectivity index (χ1n) is 6.03. The zero-order valence-corrected chi connectivity index (χ0v) is 17.1. The Morgan fingerprint density at radius 3 is 2.00 bits per heavy atom. The molecule has 1 aromatic rings. The maximum atomic E-state index is 11.6. The molecule has 1 aromatic carbocycles. The lowest BCUT2D eigenvalue weighted by Crippen LogP contribution is -2.36. The topological polar surface area (TPSA) is 105 Å². The van der Waals surface area contributed by atoms with Gasteiger partial charge in [-0.05, 0) is 58.9 Å². The summed E-state index contributed by atoms with van der Waals surface area (Å²) in [6, 6.07) is 4.29. The quantitative estimate of drug-likeness (QED) is 0.476. The van der Waals surface area contributed by atoms with Crippen molar-refractivity contribution in [1.82, 2.24) is 0 Å². The van der Waals surface area contributed by atoms with Crippen molar-refractivity contribution in [3.63, 3.8) is 0 Å². The van der Waals surface area contributed by atoms with Crippen molar-refractivity contribution in [3.05, 3.63) is 29.8 Å². The number of hydrogen-bond donors (Lipinski definition) is 1. The van der Waals surface area contributed by atoms with E-state index in [9.17, 15) is 13.2 Å². The van der Waals surface area contributed by atoms with E-state index in [-0.39, 0.29) is 12.2 Å². The number of ether oxygens (including phenoxy) is 1. The number of benzene rings is 1. The molecule has 1 rings (SSSR count). The van der Waals surface area contributed by atoms with Crippen LogP contribution in [0.3, 0.4) is 0 Å². The Kier molecular flexibility index (Phi) is 8.20. The van der Waals surface area contributed by atoms with E-state index in [4.69, 9.17) is 75.3 Å². The average Bonchev–Trinajstić information content (AvgIpc) is 2.35. The van der Waals surface area contributed by atoms with E-state index < -0.39 is 30.4 Å². The van der Waals surface area contributed by atoms with Gasteiger partial charge in [0.15, 0.2) is 0 Å². The molecule has 1 atom stereocenters. The second-order valence-electron chi connectivity index (χ2n) is 4.34. The highest BCUT2D eigenvalue weighted by molar-refractivity contribution is 7.82. The number of nitrogens with two attached hydrogens (primary N) is 1. The Balaban J connectivity index is 2.69. The van der Waals surface area contributed by atoms with Crippen LogP contribution in [0, 0.1) is 0 Å². The fourth-order valence-corrected chi connectivity index (χ4v) is 2.99. The summed E-state index contributed by atoms with van der Waals surface area (Å²) in [5.74, 6) is -1.06. The van der Waals surface area contributed by atoms with E-state index in [0.717, 1.165) is 0 Å². The zero-order valence-electron chi connectivity index (χ0n) is 11.8. The molecule has 142 valence electrons. The number of alkyl halides is 6. The van der Waals surface area contributed by atoms with Crippen LogP contribution >= 0.6 is 69.6 Å². The smallest absolute Gasteiger partial charge is 0.413 e. The summed E-state index contributed by atoms with van der Waals surface area (Å²) in [5, 5.41) is 0. The standard InChI is InChI=1S/C11H9Cl6NO6S/c12-10(13,14)22-9(19)8(18)5-6-1-3-7(4-2-6)23-25(20,21)24-11(15,16)17/h1-4,8H,5,18H2/t8-/m0/s1. The second kappa shape index (κ2) is 8.86. The molecular formula is C11H9Cl6NO6S. The van der Waals surface area contributed by atoms with Crippen molar-refractivity contribution in [3.8, 4) is 5.75 Å². The minimum absolute atomic E-state index is 0.0251. The van der Waals surface area contributed by atoms with Crippen LogP contribution in [-0.4, -0.2) is 28.4 Å². The highest BCUT2D eigenvalue weighted by Gasteiger charge is 2.31. The Bertz CT molecular complexity index is 699. The van der Waals surface area contributed by atoms with Crippen molar-refractivity contribution < 1.29 is 26.3 Å². The Morgan fingerprint density at radius 2 is 1.56 bits per heavy atom. The fourth-order valence-electron chi connectivity index (χ4n) is 1.46. The van der Waals surface area contributed by atoms with Crippen LogP contribution in [0.25, 0.3) is 0 Å². The monoisotopic (exact) mass is 493 g/mol. The van der Waals surface area contributed by atoms with Crippen LogP contribution in [0.1, 0.15) is 5.56 Å². The number of halogens is 6. The van der Waals surface area contributed by atoms with Gasteiger partial charge < -0.3 is 14.7 Å². The van der Waals surface area contributed by atoms with Gasteiger partial charge in [0.25, 0.3) is 0 Å². The molecule has 14 heteroatoms. The molecule has 0 unspecified atom stereocenters. The largest absolute Gasteiger partial charge is 0.452 e. The van der Waals surface area contributed by atoms with Crippen LogP contribution in [0.15, 0.2) is 24.3 Å². The third-order valence-electron chi connectivity index (χ3n) is 2.29. The van der Waals surface area contributed by atoms with Gasteiger partial charge in [0.05, 0.1) is 0 Å². The predicted molar refractivity (Wildman–Crippen MR) is 95.4 cm³/mol. The number of rotatable bonds is 6.